The van der Waals surface area contributed by atoms with Crippen molar-refractivity contribution in [3.8, 4) is 5.69 Å². The predicted molar refractivity (Wildman–Crippen MR) is 144 cm³/mol. The van der Waals surface area contributed by atoms with Crippen LogP contribution in [0.4, 0.5) is 10.5 Å². The average Bonchev–Trinajstić information content (AvgIpc) is 3.24. The topological polar surface area (TPSA) is 71.8 Å². The zero-order chi connectivity index (χ0) is 24.9. The van der Waals surface area contributed by atoms with Gasteiger partial charge >= 0.3 is 6.03 Å². The Morgan fingerprint density at radius 3 is 2.40 bits per heavy atom. The number of benzene rings is 3. The van der Waals surface area contributed by atoms with E-state index >= 15 is 0 Å². The van der Waals surface area contributed by atoms with Crippen molar-refractivity contribution < 1.29 is 4.79 Å². The van der Waals surface area contributed by atoms with Crippen LogP contribution in [-0.2, 0) is 12.3 Å². The fraction of sp³-hybridized carbons (Fsp3) is 0.192. The number of para-hydroxylation sites is 1. The fourth-order valence-corrected chi connectivity index (χ4v) is 5.06. The minimum Gasteiger partial charge on any atom is -0.331 e. The number of nitrogens with zero attached hydrogens (tertiary/aromatic N) is 3. The molecule has 0 saturated carbocycles. The highest BCUT2D eigenvalue weighted by Gasteiger charge is 2.18. The van der Waals surface area contributed by atoms with Gasteiger partial charge < -0.3 is 10.6 Å². The number of anilines is 1. The molecule has 4 aromatic rings. The standard InChI is InChI=1S/C26H25Cl2N5OS/c1-16-7-4-5-10-19(16)15-35-26-32-31-23(33(26)22-13-20(27)11-12-21(22)28)14-29-25(34)30-24-17(2)8-6-9-18(24)3/h4-13H,14-15H2,1-3H3,(H2,29,30,34). The molecule has 0 atom stereocenters. The molecule has 0 aliphatic rings. The number of halogens is 2. The van der Waals surface area contributed by atoms with Gasteiger partial charge in [0.25, 0.3) is 0 Å². The molecule has 0 aliphatic carbocycles. The predicted octanol–water partition coefficient (Wildman–Crippen LogP) is 7.11. The van der Waals surface area contributed by atoms with Crippen molar-refractivity contribution in [2.24, 2.45) is 0 Å². The second kappa shape index (κ2) is 11.2. The summed E-state index contributed by atoms with van der Waals surface area (Å²) in [6.45, 7) is 6.15. The van der Waals surface area contributed by atoms with E-state index in [0.717, 1.165) is 16.8 Å². The first-order chi connectivity index (χ1) is 16.8. The zero-order valence-electron chi connectivity index (χ0n) is 19.6. The smallest absolute Gasteiger partial charge is 0.319 e. The summed E-state index contributed by atoms with van der Waals surface area (Å²) in [6, 6.07) is 19.0. The summed E-state index contributed by atoms with van der Waals surface area (Å²) in [6.07, 6.45) is 0. The van der Waals surface area contributed by atoms with E-state index in [1.807, 2.05) is 48.7 Å². The molecule has 1 aromatic heterocycles. The lowest BCUT2D eigenvalue weighted by Crippen LogP contribution is -2.30. The molecular formula is C26H25Cl2N5OS. The van der Waals surface area contributed by atoms with Crippen LogP contribution < -0.4 is 10.6 Å². The maximum absolute atomic E-state index is 12.7. The molecule has 3 aromatic carbocycles. The molecule has 0 fully saturated rings. The molecule has 9 heteroatoms. The molecule has 2 N–H and O–H groups in total. The van der Waals surface area contributed by atoms with E-state index < -0.39 is 0 Å². The Labute approximate surface area is 219 Å². The molecule has 1 heterocycles. The number of thioether (sulfide) groups is 1. The molecule has 6 nitrogen and oxygen atoms in total. The first kappa shape index (κ1) is 25.1. The van der Waals surface area contributed by atoms with Crippen molar-refractivity contribution in [3.05, 3.63) is 98.8 Å². The summed E-state index contributed by atoms with van der Waals surface area (Å²) < 4.78 is 1.84. The van der Waals surface area contributed by atoms with Gasteiger partial charge in [-0.25, -0.2) is 4.79 Å². The second-order valence-electron chi connectivity index (χ2n) is 8.12. The SMILES string of the molecule is Cc1ccccc1CSc1nnc(CNC(=O)Nc2c(C)cccc2C)n1-c1cc(Cl)ccc1Cl. The Balaban J connectivity index is 1.58. The highest BCUT2D eigenvalue weighted by atomic mass is 35.5. The molecule has 4 rings (SSSR count). The summed E-state index contributed by atoms with van der Waals surface area (Å²) in [7, 11) is 0. The van der Waals surface area contributed by atoms with Crippen LogP contribution in [0, 0.1) is 20.8 Å². The van der Waals surface area contributed by atoms with Crippen molar-refractivity contribution in [3.63, 3.8) is 0 Å². The van der Waals surface area contributed by atoms with Gasteiger partial charge in [-0.05, 0) is 61.2 Å². The van der Waals surface area contributed by atoms with Gasteiger partial charge in [0, 0.05) is 16.5 Å². The maximum atomic E-state index is 12.7. The van der Waals surface area contributed by atoms with E-state index in [0.29, 0.717) is 32.5 Å². The van der Waals surface area contributed by atoms with Crippen molar-refractivity contribution in [2.45, 2.75) is 38.2 Å². The number of amides is 2. The first-order valence-corrected chi connectivity index (χ1v) is 12.8. The lowest BCUT2D eigenvalue weighted by Gasteiger charge is -2.14. The van der Waals surface area contributed by atoms with Crippen molar-refractivity contribution >= 4 is 46.7 Å². The number of urea groups is 1. The minimum absolute atomic E-state index is 0.150. The quantitative estimate of drug-likeness (QED) is 0.252. The van der Waals surface area contributed by atoms with Crippen LogP contribution in [0.2, 0.25) is 10.0 Å². The maximum Gasteiger partial charge on any atom is 0.319 e. The Bertz CT molecular complexity index is 1350. The number of aromatic nitrogens is 3. The van der Waals surface area contributed by atoms with E-state index in [4.69, 9.17) is 23.2 Å². The molecule has 2 amide bonds. The lowest BCUT2D eigenvalue weighted by molar-refractivity contribution is 0.251. The van der Waals surface area contributed by atoms with E-state index in [9.17, 15) is 4.79 Å². The number of nitrogens with one attached hydrogen (secondary N) is 2. The Kier molecular flexibility index (Phi) is 8.00. The van der Waals surface area contributed by atoms with E-state index in [1.54, 1.807) is 30.0 Å². The van der Waals surface area contributed by atoms with Gasteiger partial charge in [-0.15, -0.1) is 10.2 Å². The molecule has 0 unspecified atom stereocenters. The molecular weight excluding hydrogens is 501 g/mol. The molecule has 0 saturated heterocycles. The number of carbonyl (C=O) groups excluding carboxylic acids is 1. The summed E-state index contributed by atoms with van der Waals surface area (Å²) in [4.78, 5) is 12.7. The van der Waals surface area contributed by atoms with Crippen molar-refractivity contribution in [2.75, 3.05) is 5.32 Å². The second-order valence-corrected chi connectivity index (χ2v) is 9.91. The fourth-order valence-electron chi connectivity index (χ4n) is 3.65. The van der Waals surface area contributed by atoms with Crippen LogP contribution in [0.3, 0.4) is 0 Å². The molecule has 0 bridgehead atoms. The van der Waals surface area contributed by atoms with Gasteiger partial charge in [-0.2, -0.15) is 0 Å². The van der Waals surface area contributed by atoms with Crippen LogP contribution in [0.15, 0.2) is 65.8 Å². The summed E-state index contributed by atoms with van der Waals surface area (Å²) in [5.41, 5.74) is 5.84. The summed E-state index contributed by atoms with van der Waals surface area (Å²) >= 11 is 14.4. The summed E-state index contributed by atoms with van der Waals surface area (Å²) in [5.74, 6) is 1.25. The molecule has 0 aliphatic heterocycles. The zero-order valence-corrected chi connectivity index (χ0v) is 21.9. The molecule has 180 valence electrons. The van der Waals surface area contributed by atoms with E-state index in [-0.39, 0.29) is 12.6 Å². The van der Waals surface area contributed by atoms with Gasteiger partial charge in [0.2, 0.25) is 0 Å². The van der Waals surface area contributed by atoms with Crippen LogP contribution in [0.1, 0.15) is 28.1 Å². The highest BCUT2D eigenvalue weighted by Crippen LogP contribution is 2.31. The van der Waals surface area contributed by atoms with Crippen LogP contribution in [0.25, 0.3) is 5.69 Å². The molecule has 0 spiro atoms. The third kappa shape index (κ3) is 5.99. The van der Waals surface area contributed by atoms with Crippen molar-refractivity contribution in [1.29, 1.82) is 0 Å². The van der Waals surface area contributed by atoms with Crippen molar-refractivity contribution in [1.82, 2.24) is 20.1 Å². The largest absolute Gasteiger partial charge is 0.331 e. The number of carbonyl (C=O) groups is 1. The normalized spacial score (nSPS) is 10.9. The third-order valence-corrected chi connectivity index (χ3v) is 7.13. The molecule has 0 radical (unpaired) electrons. The van der Waals surface area contributed by atoms with Gasteiger partial charge in [0.15, 0.2) is 11.0 Å². The average molecular weight is 526 g/mol. The van der Waals surface area contributed by atoms with E-state index in [2.05, 4.69) is 39.9 Å². The number of hydrogen-bond acceptors (Lipinski definition) is 4. The van der Waals surface area contributed by atoms with Crippen LogP contribution in [0.5, 0.6) is 0 Å². The Morgan fingerprint density at radius 2 is 1.66 bits per heavy atom. The van der Waals surface area contributed by atoms with Gasteiger partial charge in [-0.1, -0.05) is 77.4 Å². The van der Waals surface area contributed by atoms with E-state index in [1.165, 1.54) is 11.1 Å². The lowest BCUT2D eigenvalue weighted by atomic mass is 10.1. The van der Waals surface area contributed by atoms with Gasteiger partial charge in [-0.3, -0.25) is 4.57 Å². The Morgan fingerprint density at radius 1 is 0.943 bits per heavy atom. The highest BCUT2D eigenvalue weighted by molar-refractivity contribution is 7.98. The third-order valence-electron chi connectivity index (χ3n) is 5.59. The van der Waals surface area contributed by atoms with Crippen LogP contribution in [-0.4, -0.2) is 20.8 Å². The number of hydrogen-bond donors (Lipinski definition) is 2. The summed E-state index contributed by atoms with van der Waals surface area (Å²) in [5, 5.41) is 16.3. The first-order valence-electron chi connectivity index (χ1n) is 11.0. The Hall–Kier alpha value is -3.00. The number of rotatable bonds is 7. The van der Waals surface area contributed by atoms with Crippen LogP contribution >= 0.6 is 35.0 Å². The minimum atomic E-state index is -0.330. The monoisotopic (exact) mass is 525 g/mol. The van der Waals surface area contributed by atoms with Gasteiger partial charge in [0.05, 0.1) is 17.3 Å². The number of aryl methyl sites for hydroxylation is 3. The molecule has 35 heavy (non-hydrogen) atoms. The van der Waals surface area contributed by atoms with Gasteiger partial charge in [0.1, 0.15) is 0 Å².